The summed E-state index contributed by atoms with van der Waals surface area (Å²) in [7, 11) is 0. The number of hydrogen-bond donors (Lipinski definition) is 0. The van der Waals surface area contributed by atoms with E-state index >= 15 is 0 Å². The molecule has 0 aromatic carbocycles. The molecule has 1 aromatic rings. The molecule has 72 valence electrons. The van der Waals surface area contributed by atoms with Crippen LogP contribution in [0, 0.1) is 19.7 Å². The highest BCUT2D eigenvalue weighted by molar-refractivity contribution is 5.27. The van der Waals surface area contributed by atoms with E-state index in [9.17, 15) is 17.6 Å². The van der Waals surface area contributed by atoms with Crippen LogP contribution in [0.1, 0.15) is 16.8 Å². The molecule has 0 radical (unpaired) electrons. The normalized spacial score (nSPS) is 11.8. The van der Waals surface area contributed by atoms with E-state index < -0.39 is 17.7 Å². The number of halogens is 4. The number of aromatic nitrogens is 1. The molecule has 0 bridgehead atoms. The maximum atomic E-state index is 13.0. The maximum absolute atomic E-state index is 13.0. The predicted molar refractivity (Wildman–Crippen MR) is 38.7 cm³/mol. The van der Waals surface area contributed by atoms with Crippen molar-refractivity contribution in [3.05, 3.63) is 28.8 Å². The molecule has 0 spiro atoms. The fourth-order valence-electron chi connectivity index (χ4n) is 0.863. The summed E-state index contributed by atoms with van der Waals surface area (Å²) < 4.78 is 49.1. The highest BCUT2D eigenvalue weighted by Gasteiger charge is 2.36. The summed E-state index contributed by atoms with van der Waals surface area (Å²) in [4.78, 5) is 3.01. The first-order valence-corrected chi connectivity index (χ1v) is 3.53. The Morgan fingerprint density at radius 3 is 2.23 bits per heavy atom. The van der Waals surface area contributed by atoms with Crippen LogP contribution in [-0.2, 0) is 6.18 Å². The third kappa shape index (κ3) is 1.79. The van der Waals surface area contributed by atoms with Gasteiger partial charge in [0.2, 0.25) is 0 Å². The van der Waals surface area contributed by atoms with Gasteiger partial charge >= 0.3 is 6.18 Å². The van der Waals surface area contributed by atoms with E-state index in [0.717, 1.165) is 6.20 Å². The topological polar surface area (TPSA) is 12.9 Å². The standard InChI is InChI=1S/C8H7F4N/c1-4-3-13-7(8(10,11)12)6(9)5(4)2/h3H,1-2H3. The lowest BCUT2D eigenvalue weighted by atomic mass is 10.1. The van der Waals surface area contributed by atoms with Crippen molar-refractivity contribution in [1.29, 1.82) is 0 Å². The summed E-state index contributed by atoms with van der Waals surface area (Å²) >= 11 is 0. The quantitative estimate of drug-likeness (QED) is 0.577. The second kappa shape index (κ2) is 2.97. The van der Waals surface area contributed by atoms with Crippen molar-refractivity contribution in [3.8, 4) is 0 Å². The molecule has 0 saturated heterocycles. The first-order valence-electron chi connectivity index (χ1n) is 3.53. The van der Waals surface area contributed by atoms with Gasteiger partial charge in [-0.1, -0.05) is 0 Å². The molecule has 0 aliphatic heterocycles. The first-order chi connectivity index (χ1) is 5.84. The third-order valence-electron chi connectivity index (χ3n) is 1.78. The summed E-state index contributed by atoms with van der Waals surface area (Å²) in [6, 6.07) is 0. The third-order valence-corrected chi connectivity index (χ3v) is 1.78. The molecule has 1 heterocycles. The first kappa shape index (κ1) is 9.95. The van der Waals surface area contributed by atoms with E-state index in [-0.39, 0.29) is 5.56 Å². The van der Waals surface area contributed by atoms with E-state index in [0.29, 0.717) is 5.56 Å². The van der Waals surface area contributed by atoms with Crippen LogP contribution >= 0.6 is 0 Å². The van der Waals surface area contributed by atoms with E-state index in [1.54, 1.807) is 0 Å². The molecular formula is C8H7F4N. The number of rotatable bonds is 0. The smallest absolute Gasteiger partial charge is 0.249 e. The highest BCUT2D eigenvalue weighted by atomic mass is 19.4. The molecule has 0 fully saturated rings. The largest absolute Gasteiger partial charge is 0.436 e. The second-order valence-corrected chi connectivity index (χ2v) is 2.73. The van der Waals surface area contributed by atoms with Gasteiger partial charge in [0, 0.05) is 6.20 Å². The van der Waals surface area contributed by atoms with Crippen LogP contribution in [0.4, 0.5) is 17.6 Å². The number of hydrogen-bond acceptors (Lipinski definition) is 1. The van der Waals surface area contributed by atoms with E-state index in [1.807, 2.05) is 0 Å². The number of nitrogens with zero attached hydrogens (tertiary/aromatic N) is 1. The zero-order valence-electron chi connectivity index (χ0n) is 7.04. The average Bonchev–Trinajstić information content (AvgIpc) is 1.98. The molecule has 0 unspecified atom stereocenters. The Morgan fingerprint density at radius 2 is 1.77 bits per heavy atom. The fourth-order valence-corrected chi connectivity index (χ4v) is 0.863. The Kier molecular flexibility index (Phi) is 2.28. The van der Waals surface area contributed by atoms with Gasteiger partial charge in [-0.05, 0) is 25.0 Å². The van der Waals surface area contributed by atoms with Crippen molar-refractivity contribution in [2.45, 2.75) is 20.0 Å². The van der Waals surface area contributed by atoms with Crippen molar-refractivity contribution >= 4 is 0 Å². The van der Waals surface area contributed by atoms with Crippen LogP contribution in [0.25, 0.3) is 0 Å². The van der Waals surface area contributed by atoms with Crippen LogP contribution in [0.15, 0.2) is 6.20 Å². The molecule has 0 amide bonds. The SMILES string of the molecule is Cc1cnc(C(F)(F)F)c(F)c1C. The Bertz CT molecular complexity index is 330. The van der Waals surface area contributed by atoms with Crippen molar-refractivity contribution in [1.82, 2.24) is 4.98 Å². The molecule has 0 N–H and O–H groups in total. The molecule has 13 heavy (non-hydrogen) atoms. The van der Waals surface area contributed by atoms with Gasteiger partial charge in [0.1, 0.15) is 0 Å². The number of alkyl halides is 3. The molecule has 1 rings (SSSR count). The molecule has 5 heteroatoms. The van der Waals surface area contributed by atoms with E-state index in [4.69, 9.17) is 0 Å². The molecule has 0 atom stereocenters. The van der Waals surface area contributed by atoms with Crippen LogP contribution in [0.5, 0.6) is 0 Å². The molecule has 1 aromatic heterocycles. The Labute approximate surface area is 72.4 Å². The van der Waals surface area contributed by atoms with Gasteiger partial charge in [0.25, 0.3) is 0 Å². The lowest BCUT2D eigenvalue weighted by Gasteiger charge is -2.09. The second-order valence-electron chi connectivity index (χ2n) is 2.73. The summed E-state index contributed by atoms with van der Waals surface area (Å²) in [6.45, 7) is 2.80. The minimum atomic E-state index is -4.72. The lowest BCUT2D eigenvalue weighted by molar-refractivity contribution is -0.143. The lowest BCUT2D eigenvalue weighted by Crippen LogP contribution is -2.12. The zero-order chi connectivity index (χ0) is 10.2. The van der Waals surface area contributed by atoms with Crippen LogP contribution in [-0.4, -0.2) is 4.98 Å². The highest BCUT2D eigenvalue weighted by Crippen LogP contribution is 2.31. The summed E-state index contributed by atoms with van der Waals surface area (Å²) in [5, 5.41) is 0. The van der Waals surface area contributed by atoms with Crippen LogP contribution in [0.3, 0.4) is 0 Å². The monoisotopic (exact) mass is 193 g/mol. The summed E-state index contributed by atoms with van der Waals surface area (Å²) in [5.41, 5.74) is -1.05. The predicted octanol–water partition coefficient (Wildman–Crippen LogP) is 2.86. The number of aryl methyl sites for hydroxylation is 1. The van der Waals surface area contributed by atoms with Crippen LogP contribution < -0.4 is 0 Å². The van der Waals surface area contributed by atoms with Crippen molar-refractivity contribution in [3.63, 3.8) is 0 Å². The number of pyridine rings is 1. The van der Waals surface area contributed by atoms with Crippen molar-refractivity contribution < 1.29 is 17.6 Å². The zero-order valence-corrected chi connectivity index (χ0v) is 7.04. The van der Waals surface area contributed by atoms with Gasteiger partial charge in [0.05, 0.1) is 0 Å². The van der Waals surface area contributed by atoms with Gasteiger partial charge in [-0.2, -0.15) is 13.2 Å². The Hall–Kier alpha value is -1.13. The van der Waals surface area contributed by atoms with Crippen molar-refractivity contribution in [2.24, 2.45) is 0 Å². The summed E-state index contributed by atoms with van der Waals surface area (Å²) in [5.74, 6) is -1.28. The summed E-state index contributed by atoms with van der Waals surface area (Å²) in [6.07, 6.45) is -3.70. The minimum Gasteiger partial charge on any atom is -0.249 e. The fraction of sp³-hybridized carbons (Fsp3) is 0.375. The Morgan fingerprint density at radius 1 is 1.23 bits per heavy atom. The van der Waals surface area contributed by atoms with Gasteiger partial charge in [-0.15, -0.1) is 0 Å². The van der Waals surface area contributed by atoms with Gasteiger partial charge in [0.15, 0.2) is 11.5 Å². The maximum Gasteiger partial charge on any atom is 0.436 e. The van der Waals surface area contributed by atoms with Gasteiger partial charge in [-0.3, -0.25) is 0 Å². The molecule has 0 aliphatic carbocycles. The molecule has 1 nitrogen and oxygen atoms in total. The molecule has 0 saturated carbocycles. The van der Waals surface area contributed by atoms with E-state index in [1.165, 1.54) is 13.8 Å². The Balaban J connectivity index is 3.35. The minimum absolute atomic E-state index is 0.0117. The van der Waals surface area contributed by atoms with E-state index in [2.05, 4.69) is 4.98 Å². The van der Waals surface area contributed by atoms with Gasteiger partial charge in [-0.25, -0.2) is 9.37 Å². The molecular weight excluding hydrogens is 186 g/mol. The van der Waals surface area contributed by atoms with Gasteiger partial charge < -0.3 is 0 Å². The van der Waals surface area contributed by atoms with Crippen LogP contribution in [0.2, 0.25) is 0 Å². The average molecular weight is 193 g/mol. The molecule has 0 aliphatic rings. The van der Waals surface area contributed by atoms with Crippen molar-refractivity contribution in [2.75, 3.05) is 0 Å².